The van der Waals surface area contributed by atoms with Gasteiger partial charge >= 0.3 is 0 Å². The summed E-state index contributed by atoms with van der Waals surface area (Å²) in [5.74, 6) is 0.949. The first-order chi connectivity index (χ1) is 6.94. The Morgan fingerprint density at radius 1 is 1.67 bits per heavy atom. The minimum absolute atomic E-state index is 0.0622. The normalized spacial score (nSPS) is 14.1. The van der Waals surface area contributed by atoms with Gasteiger partial charge in [-0.25, -0.2) is 18.1 Å². The van der Waals surface area contributed by atoms with E-state index in [2.05, 4.69) is 9.71 Å². The van der Waals surface area contributed by atoms with Crippen molar-refractivity contribution in [3.8, 4) is 0 Å². The van der Waals surface area contributed by atoms with Crippen molar-refractivity contribution in [2.24, 2.45) is 0 Å². The number of hydrogen-bond acceptors (Lipinski definition) is 4. The van der Waals surface area contributed by atoms with Crippen LogP contribution in [0.15, 0.2) is 10.6 Å². The lowest BCUT2D eigenvalue weighted by Gasteiger charge is -2.09. The molecule has 1 aromatic heterocycles. The molecule has 15 heavy (non-hydrogen) atoms. The summed E-state index contributed by atoms with van der Waals surface area (Å²) < 4.78 is 30.3. The SMILES string of the molecule is Cc1cnc(C(C)NS(=O)(=O)CCCl)o1. The molecule has 1 unspecified atom stereocenters. The van der Waals surface area contributed by atoms with Crippen LogP contribution in [0.1, 0.15) is 24.6 Å². The number of nitrogens with one attached hydrogen (secondary N) is 1. The summed E-state index contributed by atoms with van der Waals surface area (Å²) in [6.07, 6.45) is 1.54. The van der Waals surface area contributed by atoms with Crippen LogP contribution in [0.3, 0.4) is 0 Å². The first-order valence-electron chi connectivity index (χ1n) is 4.43. The van der Waals surface area contributed by atoms with E-state index in [0.717, 1.165) is 0 Å². The van der Waals surface area contributed by atoms with Crippen LogP contribution in [0.5, 0.6) is 0 Å². The minimum atomic E-state index is -3.35. The molecule has 86 valence electrons. The van der Waals surface area contributed by atoms with E-state index < -0.39 is 16.1 Å². The molecule has 0 saturated carbocycles. The fraction of sp³-hybridized carbons (Fsp3) is 0.625. The molecule has 0 aromatic carbocycles. The Morgan fingerprint density at radius 3 is 2.80 bits per heavy atom. The van der Waals surface area contributed by atoms with E-state index >= 15 is 0 Å². The number of aromatic nitrogens is 1. The number of nitrogens with zero attached hydrogens (tertiary/aromatic N) is 1. The molecule has 1 N–H and O–H groups in total. The van der Waals surface area contributed by atoms with Gasteiger partial charge in [-0.1, -0.05) is 0 Å². The molecular weight excluding hydrogens is 240 g/mol. The number of hydrogen-bond donors (Lipinski definition) is 1. The molecule has 5 nitrogen and oxygen atoms in total. The van der Waals surface area contributed by atoms with Crippen LogP contribution in [-0.2, 0) is 10.0 Å². The van der Waals surface area contributed by atoms with Crippen molar-refractivity contribution >= 4 is 21.6 Å². The van der Waals surface area contributed by atoms with E-state index in [1.54, 1.807) is 20.0 Å². The fourth-order valence-electron chi connectivity index (χ4n) is 1.05. The highest BCUT2D eigenvalue weighted by molar-refractivity contribution is 7.89. The highest BCUT2D eigenvalue weighted by atomic mass is 35.5. The number of halogens is 1. The lowest BCUT2D eigenvalue weighted by molar-refractivity contribution is 0.428. The number of alkyl halides is 1. The molecule has 1 aromatic rings. The smallest absolute Gasteiger partial charge is 0.213 e. The minimum Gasteiger partial charge on any atom is -0.444 e. The molecular formula is C8H13ClN2O3S. The Kier molecular flexibility index (Phi) is 4.12. The van der Waals surface area contributed by atoms with Gasteiger partial charge in [0.15, 0.2) is 0 Å². The Hall–Kier alpha value is -0.590. The number of rotatable bonds is 5. The number of oxazole rings is 1. The van der Waals surface area contributed by atoms with Gasteiger partial charge in [0, 0.05) is 5.88 Å². The van der Waals surface area contributed by atoms with Crippen LogP contribution in [-0.4, -0.2) is 25.0 Å². The predicted molar refractivity (Wildman–Crippen MR) is 57.3 cm³/mol. The third-order valence-corrected chi connectivity index (χ3v) is 3.58. The van der Waals surface area contributed by atoms with Crippen LogP contribution < -0.4 is 4.72 Å². The van der Waals surface area contributed by atoms with Crippen LogP contribution in [0.4, 0.5) is 0 Å². The van der Waals surface area contributed by atoms with Gasteiger partial charge in [-0.3, -0.25) is 0 Å². The summed E-state index contributed by atoms with van der Waals surface area (Å²) in [6, 6.07) is -0.480. The molecule has 0 aliphatic heterocycles. The quantitative estimate of drug-likeness (QED) is 0.800. The topological polar surface area (TPSA) is 72.2 Å². The molecule has 0 aliphatic carbocycles. The third kappa shape index (κ3) is 3.81. The van der Waals surface area contributed by atoms with Crippen LogP contribution in [0.2, 0.25) is 0 Å². The lowest BCUT2D eigenvalue weighted by atomic mass is 10.4. The molecule has 0 spiro atoms. The van der Waals surface area contributed by atoms with E-state index in [1.165, 1.54) is 0 Å². The molecule has 0 amide bonds. The third-order valence-electron chi connectivity index (χ3n) is 1.71. The second-order valence-corrected chi connectivity index (χ2v) is 5.41. The first kappa shape index (κ1) is 12.5. The molecule has 1 rings (SSSR count). The van der Waals surface area contributed by atoms with Gasteiger partial charge in [0.1, 0.15) is 5.76 Å². The summed E-state index contributed by atoms with van der Waals surface area (Å²) in [6.45, 7) is 3.41. The van der Waals surface area contributed by atoms with Crippen molar-refractivity contribution in [1.29, 1.82) is 0 Å². The molecule has 0 fully saturated rings. The predicted octanol–water partition coefficient (Wildman–Crippen LogP) is 1.20. The van der Waals surface area contributed by atoms with Gasteiger partial charge < -0.3 is 4.42 Å². The number of sulfonamides is 1. The Labute approximate surface area is 93.9 Å². The summed E-state index contributed by atoms with van der Waals surface area (Å²) in [5.41, 5.74) is 0. The van der Waals surface area contributed by atoms with E-state index in [4.69, 9.17) is 16.0 Å². The molecule has 7 heteroatoms. The van der Waals surface area contributed by atoms with Crippen molar-refractivity contribution in [3.63, 3.8) is 0 Å². The van der Waals surface area contributed by atoms with E-state index in [0.29, 0.717) is 11.7 Å². The van der Waals surface area contributed by atoms with Gasteiger partial charge in [0.25, 0.3) is 0 Å². The van der Waals surface area contributed by atoms with E-state index in [9.17, 15) is 8.42 Å². The molecule has 0 aliphatic rings. The molecule has 0 saturated heterocycles. The van der Waals surface area contributed by atoms with Crippen LogP contribution in [0, 0.1) is 6.92 Å². The van der Waals surface area contributed by atoms with Gasteiger partial charge in [-0.05, 0) is 13.8 Å². The van der Waals surface area contributed by atoms with Gasteiger partial charge in [0.2, 0.25) is 15.9 Å². The Morgan fingerprint density at radius 2 is 2.33 bits per heavy atom. The second kappa shape index (κ2) is 4.96. The highest BCUT2D eigenvalue weighted by Crippen LogP contribution is 2.12. The van der Waals surface area contributed by atoms with E-state index in [-0.39, 0.29) is 11.6 Å². The van der Waals surface area contributed by atoms with Crippen molar-refractivity contribution in [1.82, 2.24) is 9.71 Å². The van der Waals surface area contributed by atoms with Crippen molar-refractivity contribution in [3.05, 3.63) is 17.8 Å². The van der Waals surface area contributed by atoms with Gasteiger partial charge in [-0.2, -0.15) is 0 Å². The largest absolute Gasteiger partial charge is 0.444 e. The maximum absolute atomic E-state index is 11.4. The summed E-state index contributed by atoms with van der Waals surface area (Å²) in [4.78, 5) is 3.93. The summed E-state index contributed by atoms with van der Waals surface area (Å²) >= 11 is 5.36. The average molecular weight is 253 g/mol. The maximum atomic E-state index is 11.4. The summed E-state index contributed by atoms with van der Waals surface area (Å²) in [5, 5.41) is 0. The first-order valence-corrected chi connectivity index (χ1v) is 6.61. The zero-order chi connectivity index (χ0) is 11.5. The van der Waals surface area contributed by atoms with Gasteiger partial charge in [-0.15, -0.1) is 11.6 Å². The average Bonchev–Trinajstić information content (AvgIpc) is 2.50. The molecule has 1 heterocycles. The van der Waals surface area contributed by atoms with Crippen LogP contribution >= 0.6 is 11.6 Å². The molecule has 1 atom stereocenters. The van der Waals surface area contributed by atoms with E-state index in [1.807, 2.05) is 0 Å². The zero-order valence-electron chi connectivity index (χ0n) is 8.53. The summed E-state index contributed by atoms with van der Waals surface area (Å²) in [7, 11) is -3.35. The Bertz CT molecular complexity index is 415. The van der Waals surface area contributed by atoms with Crippen molar-refractivity contribution in [2.45, 2.75) is 19.9 Å². The zero-order valence-corrected chi connectivity index (χ0v) is 10.1. The second-order valence-electron chi connectivity index (χ2n) is 3.16. The van der Waals surface area contributed by atoms with Crippen LogP contribution in [0.25, 0.3) is 0 Å². The fourth-order valence-corrected chi connectivity index (χ4v) is 2.62. The van der Waals surface area contributed by atoms with Gasteiger partial charge in [0.05, 0.1) is 18.0 Å². The maximum Gasteiger partial charge on any atom is 0.213 e. The molecule has 0 bridgehead atoms. The number of aryl methyl sites for hydroxylation is 1. The van der Waals surface area contributed by atoms with Crippen molar-refractivity contribution in [2.75, 3.05) is 11.6 Å². The molecule has 0 radical (unpaired) electrons. The lowest BCUT2D eigenvalue weighted by Crippen LogP contribution is -2.29. The Balaban J connectivity index is 2.67. The monoisotopic (exact) mass is 252 g/mol. The highest BCUT2D eigenvalue weighted by Gasteiger charge is 2.18. The van der Waals surface area contributed by atoms with Crippen molar-refractivity contribution < 1.29 is 12.8 Å². The standard InChI is InChI=1S/C8H13ClN2O3S/c1-6-5-10-8(14-6)7(2)11-15(12,13)4-3-9/h5,7,11H,3-4H2,1-2H3.